The smallest absolute Gasteiger partial charge is 0.159 e. The van der Waals surface area contributed by atoms with Gasteiger partial charge in [0.1, 0.15) is 0 Å². The van der Waals surface area contributed by atoms with Crippen molar-refractivity contribution in [3.8, 4) is 0 Å². The minimum Gasteiger partial charge on any atom is -0.303 e. The molecule has 1 aliphatic carbocycles. The van der Waals surface area contributed by atoms with Crippen molar-refractivity contribution in [3.05, 3.63) is 76.4 Å². The van der Waals surface area contributed by atoms with Crippen LogP contribution in [0.25, 0.3) is 5.57 Å². The maximum Gasteiger partial charge on any atom is 0.159 e. The van der Waals surface area contributed by atoms with E-state index in [4.69, 9.17) is 0 Å². The molecule has 0 bridgehead atoms. The first kappa shape index (κ1) is 34.1. The summed E-state index contributed by atoms with van der Waals surface area (Å²) >= 11 is 0. The first-order valence-electron chi connectivity index (χ1n) is 18.3. The Labute approximate surface area is 275 Å². The Morgan fingerprint density at radius 3 is 2.22 bits per heavy atom. The molecule has 2 aliphatic heterocycles. The molecule has 2 saturated heterocycles. The van der Waals surface area contributed by atoms with Crippen molar-refractivity contribution in [2.24, 2.45) is 28.6 Å². The SMILES string of the molecule is CCC(C)(C)CN1CCC(CC)(CN2CCC(CC3Cc4ccccc4C(Cc4ccc(C(C)=O)cc4)=C(C)C3C)CC2)CC1. The Kier molecular flexibility index (Phi) is 11.1. The number of hydrogen-bond donors (Lipinski definition) is 0. The quantitative estimate of drug-likeness (QED) is 0.237. The molecule has 3 nitrogen and oxygen atoms in total. The highest BCUT2D eigenvalue weighted by Gasteiger charge is 2.37. The van der Waals surface area contributed by atoms with E-state index in [0.717, 1.165) is 17.9 Å². The molecule has 2 aromatic rings. The molecule has 2 unspecified atom stereocenters. The van der Waals surface area contributed by atoms with Crippen LogP contribution < -0.4 is 0 Å². The number of hydrogen-bond acceptors (Lipinski definition) is 3. The molecule has 0 spiro atoms. The predicted octanol–water partition coefficient (Wildman–Crippen LogP) is 9.74. The van der Waals surface area contributed by atoms with Crippen LogP contribution in [-0.2, 0) is 12.8 Å². The van der Waals surface area contributed by atoms with Crippen LogP contribution in [0.2, 0.25) is 0 Å². The number of likely N-dealkylation sites (tertiary alicyclic amines) is 2. The van der Waals surface area contributed by atoms with Gasteiger partial charge in [0.05, 0.1) is 0 Å². The molecule has 0 amide bonds. The summed E-state index contributed by atoms with van der Waals surface area (Å²) in [6.07, 6.45) is 11.5. The van der Waals surface area contributed by atoms with Crippen LogP contribution >= 0.6 is 0 Å². The number of Topliss-reactive ketones (excluding diaryl/α,β-unsaturated/α-hetero) is 1. The van der Waals surface area contributed by atoms with Crippen molar-refractivity contribution < 1.29 is 4.79 Å². The lowest BCUT2D eigenvalue weighted by Crippen LogP contribution is -2.49. The van der Waals surface area contributed by atoms with Crippen molar-refractivity contribution in [1.82, 2.24) is 9.80 Å². The maximum absolute atomic E-state index is 11.8. The van der Waals surface area contributed by atoms with Crippen molar-refractivity contribution in [3.63, 3.8) is 0 Å². The van der Waals surface area contributed by atoms with Crippen LogP contribution in [0.1, 0.15) is 120 Å². The van der Waals surface area contributed by atoms with E-state index in [1.807, 2.05) is 12.1 Å². The van der Waals surface area contributed by atoms with E-state index in [-0.39, 0.29) is 5.78 Å². The number of nitrogens with zero attached hydrogens (tertiary/aromatic N) is 2. The van der Waals surface area contributed by atoms with E-state index < -0.39 is 0 Å². The van der Waals surface area contributed by atoms with Crippen LogP contribution in [0.15, 0.2) is 54.1 Å². The normalized spacial score (nSPS) is 23.5. The number of carbonyl (C=O) groups is 1. The Hall–Kier alpha value is -2.23. The summed E-state index contributed by atoms with van der Waals surface area (Å²) in [6.45, 7) is 23.9. The zero-order valence-electron chi connectivity index (χ0n) is 29.8. The molecule has 5 rings (SSSR count). The van der Waals surface area contributed by atoms with Crippen LogP contribution in [0.3, 0.4) is 0 Å². The largest absolute Gasteiger partial charge is 0.303 e. The summed E-state index contributed by atoms with van der Waals surface area (Å²) in [5.41, 5.74) is 9.08. The second-order valence-electron chi connectivity index (χ2n) is 16.1. The third-order valence-electron chi connectivity index (χ3n) is 12.6. The van der Waals surface area contributed by atoms with Gasteiger partial charge in [-0.1, -0.05) is 88.7 Å². The summed E-state index contributed by atoms with van der Waals surface area (Å²) in [5, 5.41) is 0. The summed E-state index contributed by atoms with van der Waals surface area (Å²) in [5.74, 6) is 2.24. The average molecular weight is 611 g/mol. The molecular formula is C42H62N2O. The van der Waals surface area contributed by atoms with Gasteiger partial charge in [-0.3, -0.25) is 4.79 Å². The van der Waals surface area contributed by atoms with Gasteiger partial charge < -0.3 is 9.80 Å². The van der Waals surface area contributed by atoms with Gasteiger partial charge in [0, 0.05) is 18.7 Å². The molecule has 0 aromatic heterocycles. The maximum atomic E-state index is 11.8. The van der Waals surface area contributed by atoms with Crippen LogP contribution in [0.5, 0.6) is 0 Å². The lowest BCUT2D eigenvalue weighted by atomic mass is 9.74. The van der Waals surface area contributed by atoms with Crippen molar-refractivity contribution >= 4 is 11.4 Å². The van der Waals surface area contributed by atoms with Gasteiger partial charge >= 0.3 is 0 Å². The first-order chi connectivity index (χ1) is 21.5. The van der Waals surface area contributed by atoms with E-state index in [1.165, 1.54) is 113 Å². The Bertz CT molecular complexity index is 1300. The highest BCUT2D eigenvalue weighted by molar-refractivity contribution is 5.94. The molecule has 2 atom stereocenters. The number of ketones is 1. The number of allylic oxidation sites excluding steroid dienone is 2. The lowest BCUT2D eigenvalue weighted by molar-refractivity contribution is 0.0297. The molecule has 3 aliphatic rings. The van der Waals surface area contributed by atoms with Crippen molar-refractivity contribution in [2.75, 3.05) is 39.3 Å². The summed E-state index contributed by atoms with van der Waals surface area (Å²) < 4.78 is 0. The molecule has 2 heterocycles. The molecule has 246 valence electrons. The molecule has 3 heteroatoms. The third kappa shape index (κ3) is 8.38. The van der Waals surface area contributed by atoms with Gasteiger partial charge in [-0.05, 0) is 149 Å². The average Bonchev–Trinajstić information content (AvgIpc) is 3.13. The van der Waals surface area contributed by atoms with E-state index in [2.05, 4.69) is 87.7 Å². The van der Waals surface area contributed by atoms with E-state index in [0.29, 0.717) is 22.7 Å². The van der Waals surface area contributed by atoms with Gasteiger partial charge in [0.15, 0.2) is 5.78 Å². The zero-order valence-corrected chi connectivity index (χ0v) is 29.8. The molecule has 2 aromatic carbocycles. The third-order valence-corrected chi connectivity index (χ3v) is 12.6. The fraction of sp³-hybridized carbons (Fsp3) is 0.643. The Morgan fingerprint density at radius 2 is 1.60 bits per heavy atom. The first-order valence-corrected chi connectivity index (χ1v) is 18.3. The molecule has 45 heavy (non-hydrogen) atoms. The van der Waals surface area contributed by atoms with Crippen molar-refractivity contribution in [2.45, 2.75) is 106 Å². The second kappa shape index (κ2) is 14.7. The fourth-order valence-corrected chi connectivity index (χ4v) is 8.69. The summed E-state index contributed by atoms with van der Waals surface area (Å²) in [6, 6.07) is 17.5. The van der Waals surface area contributed by atoms with E-state index >= 15 is 0 Å². The minimum atomic E-state index is 0.135. The number of rotatable bonds is 11. The Morgan fingerprint density at radius 1 is 0.933 bits per heavy atom. The van der Waals surface area contributed by atoms with Gasteiger partial charge in [0.25, 0.3) is 0 Å². The fourth-order valence-electron chi connectivity index (χ4n) is 8.69. The number of piperidine rings is 2. The zero-order chi connectivity index (χ0) is 32.2. The highest BCUT2D eigenvalue weighted by Crippen LogP contribution is 2.42. The number of benzene rings is 2. The summed E-state index contributed by atoms with van der Waals surface area (Å²) in [7, 11) is 0. The standard InChI is InChI=1S/C42H62N2O/c1-8-41(6,7)29-44-24-20-42(9-2,21-25-44)30-43-22-18-35(19-23-43)26-38-28-37-12-10-11-13-39(37)40(32(4)31(38)3)27-34-14-16-36(17-15-34)33(5)45/h10-17,31,35,38H,8-9,18-30H2,1-7H3. The number of fused-ring (bicyclic) bond motifs is 1. The van der Waals surface area contributed by atoms with Crippen LogP contribution in [0, 0.1) is 28.6 Å². The van der Waals surface area contributed by atoms with Gasteiger partial charge in [-0.2, -0.15) is 0 Å². The van der Waals surface area contributed by atoms with Gasteiger partial charge in [0.2, 0.25) is 0 Å². The number of carbonyl (C=O) groups excluding carboxylic acids is 1. The Balaban J connectivity index is 1.20. The molecule has 2 fully saturated rings. The topological polar surface area (TPSA) is 23.6 Å². The molecular weight excluding hydrogens is 548 g/mol. The molecule has 0 saturated carbocycles. The summed E-state index contributed by atoms with van der Waals surface area (Å²) in [4.78, 5) is 17.4. The highest BCUT2D eigenvalue weighted by atomic mass is 16.1. The van der Waals surface area contributed by atoms with Crippen molar-refractivity contribution in [1.29, 1.82) is 0 Å². The van der Waals surface area contributed by atoms with E-state index in [9.17, 15) is 4.79 Å². The van der Waals surface area contributed by atoms with Crippen LogP contribution in [-0.4, -0.2) is 54.9 Å². The van der Waals surface area contributed by atoms with Crippen LogP contribution in [0.4, 0.5) is 0 Å². The minimum absolute atomic E-state index is 0.135. The lowest BCUT2D eigenvalue weighted by Gasteiger charge is -2.47. The van der Waals surface area contributed by atoms with Gasteiger partial charge in [-0.15, -0.1) is 0 Å². The molecule has 0 N–H and O–H groups in total. The molecule has 0 radical (unpaired) electrons. The second-order valence-corrected chi connectivity index (χ2v) is 16.1. The monoisotopic (exact) mass is 610 g/mol. The van der Waals surface area contributed by atoms with E-state index in [1.54, 1.807) is 12.5 Å². The van der Waals surface area contributed by atoms with Gasteiger partial charge in [-0.25, -0.2) is 0 Å². The predicted molar refractivity (Wildman–Crippen MR) is 192 cm³/mol.